The lowest BCUT2D eigenvalue weighted by Crippen LogP contribution is -2.13. The van der Waals surface area contributed by atoms with Gasteiger partial charge in [0.05, 0.1) is 0 Å². The van der Waals surface area contributed by atoms with Crippen molar-refractivity contribution in [3.05, 3.63) is 29.3 Å². The number of carbonyl (C=O) groups is 2. The molecule has 0 saturated carbocycles. The minimum atomic E-state index is -0.927. The van der Waals surface area contributed by atoms with Crippen LogP contribution in [0.4, 0.5) is 5.69 Å². The Hall–Kier alpha value is -1.69. The van der Waals surface area contributed by atoms with E-state index >= 15 is 0 Å². The third kappa shape index (κ3) is 6.53. The van der Waals surface area contributed by atoms with Crippen molar-refractivity contribution < 1.29 is 18.9 Å². The molecule has 21 heavy (non-hydrogen) atoms. The van der Waals surface area contributed by atoms with Gasteiger partial charge in [-0.25, -0.2) is 0 Å². The van der Waals surface area contributed by atoms with Crippen molar-refractivity contribution in [1.29, 1.82) is 0 Å². The number of carbonyl (C=O) groups excluding carboxylic acids is 1. The van der Waals surface area contributed by atoms with Crippen LogP contribution in [0.1, 0.15) is 36.8 Å². The van der Waals surface area contributed by atoms with Gasteiger partial charge in [0.25, 0.3) is 0 Å². The van der Waals surface area contributed by atoms with Crippen molar-refractivity contribution in [2.24, 2.45) is 0 Å². The fourth-order valence-corrected chi connectivity index (χ4v) is 2.72. The summed E-state index contributed by atoms with van der Waals surface area (Å²) in [6.45, 7) is 1.89. The van der Waals surface area contributed by atoms with Crippen molar-refractivity contribution >= 4 is 28.4 Å². The van der Waals surface area contributed by atoms with Crippen molar-refractivity contribution in [2.75, 3.05) is 11.6 Å². The van der Waals surface area contributed by atoms with Crippen LogP contribution in [0.5, 0.6) is 0 Å². The van der Waals surface area contributed by atoms with Gasteiger partial charge in [-0.05, 0) is 37.0 Å². The van der Waals surface area contributed by atoms with E-state index in [-0.39, 0.29) is 12.3 Å². The number of nitrogens with one attached hydrogen (secondary N) is 1. The minimum absolute atomic E-state index is 0.0874. The highest BCUT2D eigenvalue weighted by Crippen LogP contribution is 2.20. The van der Waals surface area contributed by atoms with Crippen LogP contribution in [-0.4, -0.2) is 27.4 Å². The molecule has 0 aliphatic rings. The largest absolute Gasteiger partial charge is 0.481 e. The number of amides is 1. The number of carboxylic acid groups (broad SMARTS) is 1. The second-order valence-corrected chi connectivity index (χ2v) is 6.39. The molecule has 0 spiro atoms. The summed E-state index contributed by atoms with van der Waals surface area (Å²) in [6.07, 6.45) is 3.08. The lowest BCUT2D eigenvalue weighted by molar-refractivity contribution is -0.137. The molecule has 0 aliphatic carbocycles. The number of hydrogen-bond acceptors (Lipinski definition) is 3. The van der Waals surface area contributed by atoms with Crippen molar-refractivity contribution in [3.63, 3.8) is 0 Å². The molecule has 0 aromatic heterocycles. The van der Waals surface area contributed by atoms with Crippen LogP contribution in [0, 0.1) is 6.92 Å². The molecule has 0 radical (unpaired) electrons. The van der Waals surface area contributed by atoms with E-state index < -0.39 is 16.8 Å². The van der Waals surface area contributed by atoms with Gasteiger partial charge in [0.15, 0.2) is 0 Å². The fourth-order valence-electron chi connectivity index (χ4n) is 1.97. The number of anilines is 1. The van der Waals surface area contributed by atoms with Crippen molar-refractivity contribution in [1.82, 2.24) is 0 Å². The third-order valence-corrected chi connectivity index (χ3v) is 3.84. The Morgan fingerprint density at radius 2 is 1.90 bits per heavy atom. The predicted octanol–water partition coefficient (Wildman–Crippen LogP) is 2.46. The summed E-state index contributed by atoms with van der Waals surface area (Å²) < 4.78 is 11.3. The molecule has 0 saturated heterocycles. The van der Waals surface area contributed by atoms with Crippen molar-refractivity contribution in [3.8, 4) is 0 Å². The molecule has 2 N–H and O–H groups in total. The van der Waals surface area contributed by atoms with E-state index in [9.17, 15) is 13.8 Å². The van der Waals surface area contributed by atoms with Gasteiger partial charge < -0.3 is 10.4 Å². The maximum atomic E-state index is 11.8. The number of hydrogen-bond donors (Lipinski definition) is 2. The second-order valence-electron chi connectivity index (χ2n) is 4.96. The smallest absolute Gasteiger partial charge is 0.303 e. The Morgan fingerprint density at radius 3 is 2.52 bits per heavy atom. The average Bonchev–Trinajstić information content (AvgIpc) is 2.39. The summed E-state index contributed by atoms with van der Waals surface area (Å²) in [6, 6.07) is 5.54. The molecule has 1 amide bonds. The van der Waals surface area contributed by atoms with Gasteiger partial charge in [0, 0.05) is 41.3 Å². The first-order valence-electron chi connectivity index (χ1n) is 6.80. The Bertz CT molecular complexity index is 542. The molecule has 5 nitrogen and oxygen atoms in total. The normalized spacial score (nSPS) is 11.9. The molecule has 1 atom stereocenters. The highest BCUT2D eigenvalue weighted by atomic mass is 32.2. The molecular formula is C15H21NO4S. The molecule has 1 aromatic carbocycles. The molecule has 116 valence electrons. The molecule has 1 rings (SSSR count). The van der Waals surface area contributed by atoms with E-state index in [0.717, 1.165) is 16.8 Å². The topological polar surface area (TPSA) is 83.5 Å². The summed E-state index contributed by atoms with van der Waals surface area (Å²) in [5.41, 5.74) is 2.60. The zero-order chi connectivity index (χ0) is 15.8. The lowest BCUT2D eigenvalue weighted by Gasteiger charge is -2.12. The summed E-state index contributed by atoms with van der Waals surface area (Å²) in [5.74, 6) is -0.501. The van der Waals surface area contributed by atoms with E-state index in [4.69, 9.17) is 5.11 Å². The summed E-state index contributed by atoms with van der Waals surface area (Å²) in [5, 5.41) is 11.4. The Labute approximate surface area is 127 Å². The van der Waals surface area contributed by atoms with Crippen LogP contribution in [0.3, 0.4) is 0 Å². The summed E-state index contributed by atoms with van der Waals surface area (Å²) in [7, 11) is -0.927. The molecule has 0 bridgehead atoms. The highest BCUT2D eigenvalue weighted by molar-refractivity contribution is 7.83. The van der Waals surface area contributed by atoms with Gasteiger partial charge in [-0.1, -0.05) is 12.1 Å². The Kier molecular flexibility index (Phi) is 7.08. The third-order valence-electron chi connectivity index (χ3n) is 3.12. The first kappa shape index (κ1) is 17.4. The zero-order valence-corrected chi connectivity index (χ0v) is 13.2. The van der Waals surface area contributed by atoms with Crippen LogP contribution in [-0.2, 0) is 26.1 Å². The standard InChI is InChI=1S/C15H21NO4S/c1-11-12(10-21(2)20)6-5-7-13(11)16-14(17)8-3-4-9-15(18)19/h5-7H,3-4,8-10H2,1-2H3,(H,16,17)(H,18,19). The van der Waals surface area contributed by atoms with E-state index in [1.54, 1.807) is 6.26 Å². The minimum Gasteiger partial charge on any atom is -0.481 e. The van der Waals surface area contributed by atoms with E-state index in [1.165, 1.54) is 0 Å². The summed E-state index contributed by atoms with van der Waals surface area (Å²) >= 11 is 0. The van der Waals surface area contributed by atoms with Crippen LogP contribution in [0.2, 0.25) is 0 Å². The van der Waals surface area contributed by atoms with Gasteiger partial charge in [-0.3, -0.25) is 13.8 Å². The van der Waals surface area contributed by atoms with E-state index in [1.807, 2.05) is 25.1 Å². The maximum absolute atomic E-state index is 11.8. The zero-order valence-electron chi connectivity index (χ0n) is 12.3. The number of benzene rings is 1. The number of rotatable bonds is 8. The van der Waals surface area contributed by atoms with Gasteiger partial charge >= 0.3 is 5.97 Å². The molecule has 1 aromatic rings. The summed E-state index contributed by atoms with van der Waals surface area (Å²) in [4.78, 5) is 22.2. The first-order chi connectivity index (χ1) is 9.90. The molecule has 6 heteroatoms. The van der Waals surface area contributed by atoms with Gasteiger partial charge in [-0.2, -0.15) is 0 Å². The number of unbranched alkanes of at least 4 members (excludes halogenated alkanes) is 1. The molecule has 0 fully saturated rings. The van der Waals surface area contributed by atoms with E-state index in [2.05, 4.69) is 5.32 Å². The molecule has 0 aliphatic heterocycles. The van der Waals surface area contributed by atoms with Crippen molar-refractivity contribution in [2.45, 2.75) is 38.4 Å². The van der Waals surface area contributed by atoms with Crippen LogP contribution >= 0.6 is 0 Å². The predicted molar refractivity (Wildman–Crippen MR) is 83.7 cm³/mol. The van der Waals surface area contributed by atoms with E-state index in [0.29, 0.717) is 25.0 Å². The second kappa shape index (κ2) is 8.56. The fraction of sp³-hybridized carbons (Fsp3) is 0.467. The SMILES string of the molecule is Cc1c(CS(C)=O)cccc1NC(=O)CCCCC(=O)O. The Morgan fingerprint density at radius 1 is 1.24 bits per heavy atom. The monoisotopic (exact) mass is 311 g/mol. The number of aliphatic carboxylic acids is 1. The van der Waals surface area contributed by atoms with Gasteiger partial charge in [0.1, 0.15) is 0 Å². The first-order valence-corrected chi connectivity index (χ1v) is 8.53. The van der Waals surface area contributed by atoms with Crippen LogP contribution in [0.25, 0.3) is 0 Å². The van der Waals surface area contributed by atoms with Crippen LogP contribution < -0.4 is 5.32 Å². The quantitative estimate of drug-likeness (QED) is 0.722. The van der Waals surface area contributed by atoms with Gasteiger partial charge in [0.2, 0.25) is 5.91 Å². The lowest BCUT2D eigenvalue weighted by atomic mass is 10.1. The molecular weight excluding hydrogens is 290 g/mol. The number of carboxylic acids is 1. The average molecular weight is 311 g/mol. The Balaban J connectivity index is 2.56. The highest BCUT2D eigenvalue weighted by Gasteiger charge is 2.09. The van der Waals surface area contributed by atoms with Gasteiger partial charge in [-0.15, -0.1) is 0 Å². The maximum Gasteiger partial charge on any atom is 0.303 e. The molecule has 0 heterocycles. The van der Waals surface area contributed by atoms with Crippen LogP contribution in [0.15, 0.2) is 18.2 Å². The molecule has 1 unspecified atom stereocenters.